The molecule has 1 aliphatic rings. The van der Waals surface area contributed by atoms with Crippen molar-refractivity contribution in [3.05, 3.63) is 35.4 Å². The second kappa shape index (κ2) is 6.26. The second-order valence-electron chi connectivity index (χ2n) is 5.45. The fourth-order valence-corrected chi connectivity index (χ4v) is 3.11. The van der Waals surface area contributed by atoms with E-state index in [-0.39, 0.29) is 18.4 Å². The molecule has 116 valence electrons. The smallest absolute Gasteiger partial charge is 0.338 e. The maximum atomic E-state index is 12.5. The Morgan fingerprint density at radius 2 is 1.95 bits per heavy atom. The fourth-order valence-electron chi connectivity index (χ4n) is 2.64. The van der Waals surface area contributed by atoms with Crippen molar-refractivity contribution in [1.82, 2.24) is 4.90 Å². The number of hydrogen-bond donors (Lipinski definition) is 0. The highest BCUT2D eigenvalue weighted by molar-refractivity contribution is 6.18. The Bertz CT molecular complexity index is 501. The number of carbonyl (C=O) groups is 1. The topological polar surface area (TPSA) is 20.3 Å². The van der Waals surface area contributed by atoms with Crippen molar-refractivity contribution in [3.63, 3.8) is 0 Å². The third kappa shape index (κ3) is 3.70. The minimum atomic E-state index is -4.35. The zero-order valence-electron chi connectivity index (χ0n) is 11.7. The number of hydrogen-bond acceptors (Lipinski definition) is 1. The molecule has 0 spiro atoms. The van der Waals surface area contributed by atoms with Crippen molar-refractivity contribution in [1.29, 1.82) is 0 Å². The highest BCUT2D eigenvalue weighted by Crippen LogP contribution is 2.29. The van der Waals surface area contributed by atoms with Crippen molar-refractivity contribution in [2.75, 3.05) is 12.4 Å². The van der Waals surface area contributed by atoms with Gasteiger partial charge in [0.15, 0.2) is 0 Å². The zero-order chi connectivity index (χ0) is 15.6. The lowest BCUT2D eigenvalue weighted by Gasteiger charge is -2.25. The summed E-state index contributed by atoms with van der Waals surface area (Å²) in [6.07, 6.45) is -3.33. The summed E-state index contributed by atoms with van der Waals surface area (Å²) in [6.45, 7) is 2.72. The van der Waals surface area contributed by atoms with Crippen LogP contribution in [0.15, 0.2) is 24.3 Å². The number of nitrogens with zero attached hydrogens (tertiary/aromatic N) is 1. The van der Waals surface area contributed by atoms with Crippen LogP contribution in [0, 0.1) is 5.92 Å². The second-order valence-corrected chi connectivity index (χ2v) is 5.75. The molecule has 2 rings (SSSR count). The largest absolute Gasteiger partial charge is 0.416 e. The Kier molecular flexibility index (Phi) is 4.81. The van der Waals surface area contributed by atoms with Gasteiger partial charge in [-0.15, -0.1) is 11.6 Å². The van der Waals surface area contributed by atoms with Gasteiger partial charge in [-0.3, -0.25) is 4.79 Å². The molecule has 0 aliphatic carbocycles. The van der Waals surface area contributed by atoms with Gasteiger partial charge in [0.2, 0.25) is 5.91 Å². The van der Waals surface area contributed by atoms with E-state index in [1.54, 1.807) is 4.90 Å². The van der Waals surface area contributed by atoms with Crippen LogP contribution >= 0.6 is 11.6 Å². The first-order valence-electron chi connectivity index (χ1n) is 6.84. The molecule has 1 aromatic rings. The number of carbonyl (C=O) groups excluding carboxylic acids is 1. The Balaban J connectivity index is 2.03. The SMILES string of the molecule is CC1CCN(C(=O)Cc2ccc(C(F)(F)F)cc2)C1CCl. The highest BCUT2D eigenvalue weighted by atomic mass is 35.5. The van der Waals surface area contributed by atoms with E-state index in [4.69, 9.17) is 11.6 Å². The molecule has 1 fully saturated rings. The van der Waals surface area contributed by atoms with Crippen molar-refractivity contribution in [2.24, 2.45) is 5.92 Å². The van der Waals surface area contributed by atoms with Gasteiger partial charge >= 0.3 is 6.18 Å². The van der Waals surface area contributed by atoms with E-state index in [2.05, 4.69) is 6.92 Å². The summed E-state index contributed by atoms with van der Waals surface area (Å²) in [4.78, 5) is 14.0. The minimum absolute atomic E-state index is 0.0219. The molecule has 0 saturated carbocycles. The molecule has 6 heteroatoms. The van der Waals surface area contributed by atoms with Crippen LogP contribution in [-0.2, 0) is 17.4 Å². The maximum absolute atomic E-state index is 12.5. The molecule has 2 nitrogen and oxygen atoms in total. The lowest BCUT2D eigenvalue weighted by atomic mass is 10.0. The summed E-state index contributed by atoms with van der Waals surface area (Å²) in [7, 11) is 0. The highest BCUT2D eigenvalue weighted by Gasteiger charge is 2.34. The van der Waals surface area contributed by atoms with E-state index in [0.29, 0.717) is 23.9 Å². The predicted molar refractivity (Wildman–Crippen MR) is 75.2 cm³/mol. The molecule has 0 bridgehead atoms. The number of rotatable bonds is 3. The molecular weight excluding hydrogens is 303 g/mol. The first kappa shape index (κ1) is 16.1. The molecule has 0 N–H and O–H groups in total. The Labute approximate surface area is 126 Å². The lowest BCUT2D eigenvalue weighted by molar-refractivity contribution is -0.137. The summed E-state index contributed by atoms with van der Waals surface area (Å²) in [6, 6.07) is 4.75. The van der Waals surface area contributed by atoms with Crippen LogP contribution in [0.3, 0.4) is 0 Å². The van der Waals surface area contributed by atoms with Crippen molar-refractivity contribution in [3.8, 4) is 0 Å². The summed E-state index contributed by atoms with van der Waals surface area (Å²) < 4.78 is 37.4. The molecular formula is C15H17ClF3NO. The monoisotopic (exact) mass is 319 g/mol. The van der Waals surface area contributed by atoms with Crippen LogP contribution in [-0.4, -0.2) is 29.3 Å². The van der Waals surface area contributed by atoms with Crippen molar-refractivity contribution >= 4 is 17.5 Å². The molecule has 1 aromatic carbocycles. The first-order chi connectivity index (χ1) is 9.82. The number of alkyl halides is 4. The number of likely N-dealkylation sites (tertiary alicyclic amines) is 1. The Hall–Kier alpha value is -1.23. The van der Waals surface area contributed by atoms with Crippen LogP contribution in [0.5, 0.6) is 0 Å². The van der Waals surface area contributed by atoms with E-state index >= 15 is 0 Å². The van der Waals surface area contributed by atoms with E-state index in [9.17, 15) is 18.0 Å². The van der Waals surface area contributed by atoms with Gasteiger partial charge in [-0.05, 0) is 30.0 Å². The lowest BCUT2D eigenvalue weighted by Crippen LogP contribution is -2.39. The normalized spacial score (nSPS) is 22.6. The van der Waals surface area contributed by atoms with Crippen molar-refractivity contribution < 1.29 is 18.0 Å². The summed E-state index contributed by atoms with van der Waals surface area (Å²) in [5.74, 6) is 0.670. The van der Waals surface area contributed by atoms with Crippen LogP contribution in [0.25, 0.3) is 0 Å². The van der Waals surface area contributed by atoms with Crippen molar-refractivity contribution in [2.45, 2.75) is 32.0 Å². The zero-order valence-corrected chi connectivity index (χ0v) is 12.4. The quantitative estimate of drug-likeness (QED) is 0.778. The van der Waals surface area contributed by atoms with E-state index < -0.39 is 11.7 Å². The Morgan fingerprint density at radius 1 is 1.33 bits per heavy atom. The number of benzene rings is 1. The van der Waals surface area contributed by atoms with Gasteiger partial charge in [0.05, 0.1) is 12.0 Å². The first-order valence-corrected chi connectivity index (χ1v) is 7.38. The predicted octanol–water partition coefficient (Wildman–Crippen LogP) is 3.72. The van der Waals surface area contributed by atoms with Gasteiger partial charge in [0.25, 0.3) is 0 Å². The van der Waals surface area contributed by atoms with E-state index in [1.165, 1.54) is 12.1 Å². The number of amides is 1. The molecule has 0 aromatic heterocycles. The summed E-state index contributed by atoms with van der Waals surface area (Å²) >= 11 is 5.90. The van der Waals surface area contributed by atoms with Gasteiger partial charge in [0, 0.05) is 18.5 Å². The Morgan fingerprint density at radius 3 is 2.48 bits per heavy atom. The van der Waals surface area contributed by atoms with Crippen LogP contribution in [0.2, 0.25) is 0 Å². The maximum Gasteiger partial charge on any atom is 0.416 e. The van der Waals surface area contributed by atoms with Crippen LogP contribution in [0.4, 0.5) is 13.2 Å². The van der Waals surface area contributed by atoms with Gasteiger partial charge in [-0.2, -0.15) is 13.2 Å². The van der Waals surface area contributed by atoms with Gasteiger partial charge in [-0.1, -0.05) is 19.1 Å². The summed E-state index contributed by atoms with van der Waals surface area (Å²) in [5.41, 5.74) is -0.118. The molecule has 1 amide bonds. The van der Waals surface area contributed by atoms with E-state index in [0.717, 1.165) is 18.6 Å². The van der Waals surface area contributed by atoms with Gasteiger partial charge < -0.3 is 4.90 Å². The van der Waals surface area contributed by atoms with Gasteiger partial charge in [-0.25, -0.2) is 0 Å². The molecule has 1 saturated heterocycles. The molecule has 1 aliphatic heterocycles. The van der Waals surface area contributed by atoms with E-state index in [1.807, 2.05) is 0 Å². The molecule has 2 unspecified atom stereocenters. The molecule has 21 heavy (non-hydrogen) atoms. The average Bonchev–Trinajstić information content (AvgIpc) is 2.79. The average molecular weight is 320 g/mol. The third-order valence-corrected chi connectivity index (χ3v) is 4.31. The molecule has 1 heterocycles. The standard InChI is InChI=1S/C15H17ClF3NO/c1-10-6-7-20(13(10)9-16)14(21)8-11-2-4-12(5-3-11)15(17,18)19/h2-5,10,13H,6-9H2,1H3. The minimum Gasteiger partial charge on any atom is -0.338 e. The fraction of sp³-hybridized carbons (Fsp3) is 0.533. The van der Waals surface area contributed by atoms with Crippen LogP contribution < -0.4 is 0 Å². The molecule has 2 atom stereocenters. The van der Waals surface area contributed by atoms with Gasteiger partial charge in [0.1, 0.15) is 0 Å². The third-order valence-electron chi connectivity index (χ3n) is 4.00. The summed E-state index contributed by atoms with van der Waals surface area (Å²) in [5, 5.41) is 0. The van der Waals surface area contributed by atoms with Crippen LogP contribution in [0.1, 0.15) is 24.5 Å². The number of halogens is 4. The molecule has 0 radical (unpaired) electrons.